The van der Waals surface area contributed by atoms with Crippen LogP contribution in [0.2, 0.25) is 0 Å². The molecule has 0 spiro atoms. The Labute approximate surface area is 115 Å². The molecule has 0 unspecified atom stereocenters. The summed E-state index contributed by atoms with van der Waals surface area (Å²) < 4.78 is 0. The minimum Gasteiger partial charge on any atom is -0.317 e. The molecule has 1 fully saturated rings. The molecule has 0 aromatic rings. The Hall–Kier alpha value is -0.0800. The Morgan fingerprint density at radius 1 is 0.889 bits per heavy atom. The minimum atomic E-state index is 0.796. The van der Waals surface area contributed by atoms with Gasteiger partial charge in [-0.15, -0.1) is 0 Å². The van der Waals surface area contributed by atoms with Gasteiger partial charge in [0.2, 0.25) is 0 Å². The van der Waals surface area contributed by atoms with E-state index in [0.29, 0.717) is 0 Å². The summed E-state index contributed by atoms with van der Waals surface area (Å²) in [6.07, 6.45) is 7.96. The fraction of sp³-hybridized carbons (Fsp3) is 1.00. The first-order chi connectivity index (χ1) is 8.76. The minimum absolute atomic E-state index is 0.796. The SMILES string of the molecule is CCC(CC)N(CC1CCNCC1)C(CC)CC. The lowest BCUT2D eigenvalue weighted by atomic mass is 9.94. The molecule has 1 aliphatic rings. The van der Waals surface area contributed by atoms with Crippen LogP contribution in [0.15, 0.2) is 0 Å². The molecule has 0 aliphatic carbocycles. The third-order valence-electron chi connectivity index (χ3n) is 4.75. The largest absolute Gasteiger partial charge is 0.317 e. The number of piperidine rings is 1. The van der Waals surface area contributed by atoms with Crippen LogP contribution in [0.1, 0.15) is 66.2 Å². The highest BCUT2D eigenvalue weighted by atomic mass is 15.2. The molecule has 0 radical (unpaired) electrons. The van der Waals surface area contributed by atoms with Gasteiger partial charge in [-0.2, -0.15) is 0 Å². The van der Waals surface area contributed by atoms with E-state index in [1.807, 2.05) is 0 Å². The summed E-state index contributed by atoms with van der Waals surface area (Å²) in [5.74, 6) is 0.924. The molecule has 2 heteroatoms. The Bertz CT molecular complexity index is 179. The second-order valence-electron chi connectivity index (χ2n) is 5.83. The fourth-order valence-corrected chi connectivity index (χ4v) is 3.47. The molecule has 0 saturated carbocycles. The highest BCUT2D eigenvalue weighted by Crippen LogP contribution is 2.22. The topological polar surface area (TPSA) is 15.3 Å². The van der Waals surface area contributed by atoms with Crippen molar-refractivity contribution in [1.29, 1.82) is 0 Å². The van der Waals surface area contributed by atoms with Gasteiger partial charge in [0.1, 0.15) is 0 Å². The molecule has 1 saturated heterocycles. The third kappa shape index (κ3) is 4.55. The molecule has 1 N–H and O–H groups in total. The lowest BCUT2D eigenvalue weighted by molar-refractivity contribution is 0.0886. The van der Waals surface area contributed by atoms with Crippen LogP contribution in [0, 0.1) is 5.92 Å². The third-order valence-corrected chi connectivity index (χ3v) is 4.75. The zero-order chi connectivity index (χ0) is 13.4. The number of hydrogen-bond acceptors (Lipinski definition) is 2. The van der Waals surface area contributed by atoms with E-state index in [2.05, 4.69) is 37.9 Å². The molecule has 0 amide bonds. The Balaban J connectivity index is 2.62. The summed E-state index contributed by atoms with van der Waals surface area (Å²) >= 11 is 0. The Morgan fingerprint density at radius 3 is 1.72 bits per heavy atom. The quantitative estimate of drug-likeness (QED) is 0.711. The van der Waals surface area contributed by atoms with Gasteiger partial charge in [-0.1, -0.05) is 27.7 Å². The van der Waals surface area contributed by atoms with Crippen molar-refractivity contribution in [2.24, 2.45) is 5.92 Å². The average molecular weight is 254 g/mol. The van der Waals surface area contributed by atoms with Gasteiger partial charge in [0.25, 0.3) is 0 Å². The standard InChI is InChI=1S/C16H34N2/c1-5-15(6-2)18(16(7-3)8-4)13-14-9-11-17-12-10-14/h14-17H,5-13H2,1-4H3. The van der Waals surface area contributed by atoms with Gasteiger partial charge >= 0.3 is 0 Å². The van der Waals surface area contributed by atoms with Gasteiger partial charge in [0.15, 0.2) is 0 Å². The molecule has 18 heavy (non-hydrogen) atoms. The molecule has 0 bridgehead atoms. The van der Waals surface area contributed by atoms with Crippen molar-refractivity contribution >= 4 is 0 Å². The summed E-state index contributed by atoms with van der Waals surface area (Å²) in [6.45, 7) is 13.2. The zero-order valence-electron chi connectivity index (χ0n) is 13.0. The lowest BCUT2D eigenvalue weighted by Gasteiger charge is -2.40. The maximum atomic E-state index is 3.48. The number of hydrogen-bond donors (Lipinski definition) is 1. The second kappa shape index (κ2) is 8.92. The van der Waals surface area contributed by atoms with Crippen molar-refractivity contribution in [3.05, 3.63) is 0 Å². The number of nitrogens with one attached hydrogen (secondary N) is 1. The van der Waals surface area contributed by atoms with E-state index in [9.17, 15) is 0 Å². The average Bonchev–Trinajstić information content (AvgIpc) is 2.42. The molecule has 1 heterocycles. The van der Waals surface area contributed by atoms with Gasteiger partial charge in [-0.3, -0.25) is 4.90 Å². The molecule has 0 atom stereocenters. The first-order valence-corrected chi connectivity index (χ1v) is 8.23. The van der Waals surface area contributed by atoms with Crippen molar-refractivity contribution in [2.75, 3.05) is 19.6 Å². The van der Waals surface area contributed by atoms with E-state index >= 15 is 0 Å². The molecule has 1 rings (SSSR count). The maximum Gasteiger partial charge on any atom is 0.00930 e. The van der Waals surface area contributed by atoms with Crippen LogP contribution in [-0.2, 0) is 0 Å². The van der Waals surface area contributed by atoms with Crippen LogP contribution >= 0.6 is 0 Å². The van der Waals surface area contributed by atoms with Gasteiger partial charge in [0, 0.05) is 18.6 Å². The molecular weight excluding hydrogens is 220 g/mol. The number of rotatable bonds is 8. The lowest BCUT2D eigenvalue weighted by Crippen LogP contribution is -2.46. The fourth-order valence-electron chi connectivity index (χ4n) is 3.47. The summed E-state index contributed by atoms with van der Waals surface area (Å²) in [4.78, 5) is 2.84. The van der Waals surface area contributed by atoms with E-state index in [-0.39, 0.29) is 0 Å². The molecule has 1 aliphatic heterocycles. The van der Waals surface area contributed by atoms with Gasteiger partial charge < -0.3 is 5.32 Å². The van der Waals surface area contributed by atoms with Gasteiger partial charge in [-0.25, -0.2) is 0 Å². The van der Waals surface area contributed by atoms with Crippen LogP contribution in [0.3, 0.4) is 0 Å². The van der Waals surface area contributed by atoms with Crippen molar-refractivity contribution in [3.8, 4) is 0 Å². The zero-order valence-corrected chi connectivity index (χ0v) is 13.0. The highest BCUT2D eigenvalue weighted by Gasteiger charge is 2.25. The summed E-state index contributed by atoms with van der Waals surface area (Å²) in [6, 6.07) is 1.59. The normalized spacial score (nSPS) is 18.2. The smallest absolute Gasteiger partial charge is 0.00930 e. The molecular formula is C16H34N2. The monoisotopic (exact) mass is 254 g/mol. The Kier molecular flexibility index (Phi) is 7.92. The summed E-state index contributed by atoms with van der Waals surface area (Å²) in [5.41, 5.74) is 0. The van der Waals surface area contributed by atoms with E-state index in [4.69, 9.17) is 0 Å². The highest BCUT2D eigenvalue weighted by molar-refractivity contribution is 4.81. The van der Waals surface area contributed by atoms with E-state index in [1.165, 1.54) is 58.2 Å². The van der Waals surface area contributed by atoms with Crippen molar-refractivity contribution in [3.63, 3.8) is 0 Å². The predicted molar refractivity (Wildman–Crippen MR) is 81.0 cm³/mol. The number of nitrogens with zero attached hydrogens (tertiary/aromatic N) is 1. The maximum absolute atomic E-state index is 3.48. The van der Waals surface area contributed by atoms with Crippen LogP contribution in [0.25, 0.3) is 0 Å². The summed E-state index contributed by atoms with van der Waals surface area (Å²) in [7, 11) is 0. The van der Waals surface area contributed by atoms with Crippen LogP contribution in [-0.4, -0.2) is 36.6 Å². The first-order valence-electron chi connectivity index (χ1n) is 8.23. The van der Waals surface area contributed by atoms with Crippen LogP contribution < -0.4 is 5.32 Å². The van der Waals surface area contributed by atoms with E-state index in [0.717, 1.165) is 18.0 Å². The molecule has 108 valence electrons. The van der Waals surface area contributed by atoms with Crippen LogP contribution in [0.5, 0.6) is 0 Å². The van der Waals surface area contributed by atoms with Crippen molar-refractivity contribution in [1.82, 2.24) is 10.2 Å². The van der Waals surface area contributed by atoms with Gasteiger partial charge in [-0.05, 0) is 57.5 Å². The molecule has 0 aromatic carbocycles. The summed E-state index contributed by atoms with van der Waals surface area (Å²) in [5, 5.41) is 3.48. The Morgan fingerprint density at radius 2 is 1.33 bits per heavy atom. The van der Waals surface area contributed by atoms with Gasteiger partial charge in [0.05, 0.1) is 0 Å². The predicted octanol–water partition coefficient (Wildman–Crippen LogP) is 3.67. The molecule has 2 nitrogen and oxygen atoms in total. The van der Waals surface area contributed by atoms with Crippen molar-refractivity contribution < 1.29 is 0 Å². The van der Waals surface area contributed by atoms with E-state index < -0.39 is 0 Å². The first kappa shape index (κ1) is 16.0. The molecule has 0 aromatic heterocycles. The second-order valence-corrected chi connectivity index (χ2v) is 5.83. The van der Waals surface area contributed by atoms with Crippen molar-refractivity contribution in [2.45, 2.75) is 78.3 Å². The van der Waals surface area contributed by atoms with E-state index in [1.54, 1.807) is 0 Å². The van der Waals surface area contributed by atoms with Crippen LogP contribution in [0.4, 0.5) is 0 Å².